The van der Waals surface area contributed by atoms with Gasteiger partial charge in [-0.15, -0.1) is 0 Å². The zero-order chi connectivity index (χ0) is 13.3. The maximum absolute atomic E-state index is 11.3. The summed E-state index contributed by atoms with van der Waals surface area (Å²) in [5.74, 6) is -0.279. The maximum atomic E-state index is 11.3. The standard InChI is InChI=1S/C12H14O5S/c1-8-6-9(2-3-11(8)12(13)14)17-10-4-5-18(15,16)7-10/h2-3,6,10H,4-5,7H2,1H3,(H,13,14). The third kappa shape index (κ3) is 2.81. The van der Waals surface area contributed by atoms with Crippen LogP contribution in [0.3, 0.4) is 0 Å². The van der Waals surface area contributed by atoms with Crippen LogP contribution >= 0.6 is 0 Å². The number of aryl methyl sites for hydroxylation is 1. The molecule has 1 unspecified atom stereocenters. The number of aromatic carboxylic acids is 1. The van der Waals surface area contributed by atoms with Gasteiger partial charge in [-0.3, -0.25) is 0 Å². The summed E-state index contributed by atoms with van der Waals surface area (Å²) in [5.41, 5.74) is 0.822. The van der Waals surface area contributed by atoms with Crippen LogP contribution < -0.4 is 4.74 Å². The van der Waals surface area contributed by atoms with Crippen molar-refractivity contribution in [2.24, 2.45) is 0 Å². The maximum Gasteiger partial charge on any atom is 0.335 e. The van der Waals surface area contributed by atoms with Gasteiger partial charge in [0.15, 0.2) is 9.84 Å². The number of hydrogen-bond acceptors (Lipinski definition) is 4. The number of benzene rings is 1. The van der Waals surface area contributed by atoms with Crippen LogP contribution in [-0.4, -0.2) is 37.1 Å². The van der Waals surface area contributed by atoms with E-state index in [4.69, 9.17) is 9.84 Å². The third-order valence-corrected chi connectivity index (χ3v) is 4.66. The van der Waals surface area contributed by atoms with Crippen LogP contribution in [0.2, 0.25) is 0 Å². The Morgan fingerprint density at radius 1 is 1.44 bits per heavy atom. The molecule has 1 atom stereocenters. The summed E-state index contributed by atoms with van der Waals surface area (Å²) in [6, 6.07) is 4.65. The lowest BCUT2D eigenvalue weighted by molar-refractivity contribution is 0.0696. The zero-order valence-electron chi connectivity index (χ0n) is 9.92. The van der Waals surface area contributed by atoms with Crippen molar-refractivity contribution in [2.45, 2.75) is 19.4 Å². The molecule has 1 N–H and O–H groups in total. The van der Waals surface area contributed by atoms with E-state index >= 15 is 0 Å². The Bertz CT molecular complexity index is 576. The van der Waals surface area contributed by atoms with Gasteiger partial charge in [0.05, 0.1) is 17.1 Å². The lowest BCUT2D eigenvalue weighted by Gasteiger charge is -2.13. The Morgan fingerprint density at radius 2 is 2.17 bits per heavy atom. The van der Waals surface area contributed by atoms with Crippen LogP contribution in [0.1, 0.15) is 22.3 Å². The molecule has 0 spiro atoms. The lowest BCUT2D eigenvalue weighted by atomic mass is 10.1. The van der Waals surface area contributed by atoms with E-state index in [0.29, 0.717) is 17.7 Å². The minimum atomic E-state index is -2.97. The van der Waals surface area contributed by atoms with Crippen LogP contribution in [-0.2, 0) is 9.84 Å². The highest BCUT2D eigenvalue weighted by Crippen LogP contribution is 2.22. The first-order valence-corrected chi connectivity index (χ1v) is 7.40. The van der Waals surface area contributed by atoms with Gasteiger partial charge < -0.3 is 9.84 Å². The van der Waals surface area contributed by atoms with Gasteiger partial charge in [0, 0.05) is 0 Å². The lowest BCUT2D eigenvalue weighted by Crippen LogP contribution is -2.17. The molecule has 98 valence electrons. The molecule has 0 aliphatic carbocycles. The summed E-state index contributed by atoms with van der Waals surface area (Å²) in [6.07, 6.45) is 0.160. The van der Waals surface area contributed by atoms with Gasteiger partial charge in [0.25, 0.3) is 0 Å². The fourth-order valence-electron chi connectivity index (χ4n) is 2.00. The fraction of sp³-hybridized carbons (Fsp3) is 0.417. The number of ether oxygens (including phenoxy) is 1. The van der Waals surface area contributed by atoms with Crippen LogP contribution in [0.4, 0.5) is 0 Å². The Hall–Kier alpha value is -1.56. The molecule has 0 amide bonds. The number of sulfone groups is 1. The molecule has 0 aromatic heterocycles. The SMILES string of the molecule is Cc1cc(OC2CCS(=O)(=O)C2)ccc1C(=O)O. The van der Waals surface area contributed by atoms with E-state index in [0.717, 1.165) is 0 Å². The molecule has 18 heavy (non-hydrogen) atoms. The van der Waals surface area contributed by atoms with Gasteiger partial charge in [-0.25, -0.2) is 13.2 Å². The van der Waals surface area contributed by atoms with Crippen molar-refractivity contribution >= 4 is 15.8 Å². The number of carboxylic acid groups (broad SMARTS) is 1. The van der Waals surface area contributed by atoms with E-state index in [2.05, 4.69) is 0 Å². The monoisotopic (exact) mass is 270 g/mol. The predicted molar refractivity (Wildman–Crippen MR) is 65.8 cm³/mol. The average Bonchev–Trinajstić information content (AvgIpc) is 2.57. The third-order valence-electron chi connectivity index (χ3n) is 2.92. The summed E-state index contributed by atoms with van der Waals surface area (Å²) in [4.78, 5) is 10.8. The van der Waals surface area contributed by atoms with Gasteiger partial charge in [0.2, 0.25) is 0 Å². The van der Waals surface area contributed by atoms with Gasteiger partial charge >= 0.3 is 5.97 Å². The average molecular weight is 270 g/mol. The van der Waals surface area contributed by atoms with Crippen molar-refractivity contribution in [3.63, 3.8) is 0 Å². The molecule has 1 saturated heterocycles. The van der Waals surface area contributed by atoms with E-state index < -0.39 is 15.8 Å². The molecule has 1 aromatic carbocycles. The molecule has 1 aliphatic rings. The topological polar surface area (TPSA) is 80.7 Å². The van der Waals surface area contributed by atoms with Crippen molar-refractivity contribution in [1.29, 1.82) is 0 Å². The first-order chi connectivity index (χ1) is 8.37. The molecular formula is C12H14O5S. The number of carboxylic acids is 1. The molecule has 0 saturated carbocycles. The van der Waals surface area contributed by atoms with Crippen molar-refractivity contribution < 1.29 is 23.1 Å². The van der Waals surface area contributed by atoms with E-state index in [1.54, 1.807) is 19.1 Å². The highest BCUT2D eigenvalue weighted by molar-refractivity contribution is 7.91. The normalized spacial score (nSPS) is 21.7. The smallest absolute Gasteiger partial charge is 0.335 e. The Kier molecular flexibility index (Phi) is 3.30. The highest BCUT2D eigenvalue weighted by atomic mass is 32.2. The molecule has 1 aromatic rings. The molecule has 0 radical (unpaired) electrons. The summed E-state index contributed by atoms with van der Waals surface area (Å²) in [6.45, 7) is 1.68. The van der Waals surface area contributed by atoms with Crippen molar-refractivity contribution in [2.75, 3.05) is 11.5 Å². The van der Waals surface area contributed by atoms with Crippen LogP contribution in [0.25, 0.3) is 0 Å². The number of carbonyl (C=O) groups is 1. The van der Waals surface area contributed by atoms with E-state index in [-0.39, 0.29) is 23.2 Å². The van der Waals surface area contributed by atoms with Gasteiger partial charge in [-0.1, -0.05) is 0 Å². The Labute approximate surface area is 105 Å². The number of hydrogen-bond donors (Lipinski definition) is 1. The molecule has 1 heterocycles. The highest BCUT2D eigenvalue weighted by Gasteiger charge is 2.29. The summed E-state index contributed by atoms with van der Waals surface area (Å²) in [7, 11) is -2.97. The largest absolute Gasteiger partial charge is 0.489 e. The second-order valence-corrected chi connectivity index (χ2v) is 6.65. The summed E-state index contributed by atoms with van der Waals surface area (Å²) in [5, 5.41) is 8.89. The predicted octanol–water partition coefficient (Wildman–Crippen LogP) is 1.26. The van der Waals surface area contributed by atoms with Gasteiger partial charge in [0.1, 0.15) is 11.9 Å². The fourth-order valence-corrected chi connectivity index (χ4v) is 3.59. The van der Waals surface area contributed by atoms with Gasteiger partial charge in [-0.05, 0) is 37.1 Å². The second-order valence-electron chi connectivity index (χ2n) is 4.42. The summed E-state index contributed by atoms with van der Waals surface area (Å²) < 4.78 is 28.1. The van der Waals surface area contributed by atoms with E-state index in [1.807, 2.05) is 0 Å². The Balaban J connectivity index is 2.12. The second kappa shape index (κ2) is 4.61. The molecule has 0 bridgehead atoms. The van der Waals surface area contributed by atoms with Crippen molar-refractivity contribution in [1.82, 2.24) is 0 Å². The first kappa shape index (κ1) is 12.9. The molecule has 1 aliphatic heterocycles. The van der Waals surface area contributed by atoms with Crippen LogP contribution in [0.15, 0.2) is 18.2 Å². The Morgan fingerprint density at radius 3 is 2.67 bits per heavy atom. The van der Waals surface area contributed by atoms with E-state index in [9.17, 15) is 13.2 Å². The minimum Gasteiger partial charge on any atom is -0.489 e. The van der Waals surface area contributed by atoms with E-state index in [1.165, 1.54) is 6.07 Å². The molecular weight excluding hydrogens is 256 g/mol. The minimum absolute atomic E-state index is 0.0345. The zero-order valence-corrected chi connectivity index (χ0v) is 10.7. The quantitative estimate of drug-likeness (QED) is 0.894. The molecule has 6 heteroatoms. The molecule has 5 nitrogen and oxygen atoms in total. The van der Waals surface area contributed by atoms with Crippen LogP contribution in [0.5, 0.6) is 5.75 Å². The van der Waals surface area contributed by atoms with Crippen molar-refractivity contribution in [3.8, 4) is 5.75 Å². The van der Waals surface area contributed by atoms with Crippen molar-refractivity contribution in [3.05, 3.63) is 29.3 Å². The van der Waals surface area contributed by atoms with Crippen LogP contribution in [0, 0.1) is 6.92 Å². The number of rotatable bonds is 3. The van der Waals surface area contributed by atoms with Gasteiger partial charge in [-0.2, -0.15) is 0 Å². The first-order valence-electron chi connectivity index (χ1n) is 5.58. The molecule has 2 rings (SSSR count). The summed E-state index contributed by atoms with van der Waals surface area (Å²) >= 11 is 0. The molecule has 1 fully saturated rings.